The van der Waals surface area contributed by atoms with Gasteiger partial charge in [0.15, 0.2) is 15.5 Å². The summed E-state index contributed by atoms with van der Waals surface area (Å²) < 4.78 is 29.1. The minimum atomic E-state index is -3.15. The molecule has 156 valence electrons. The van der Waals surface area contributed by atoms with Crippen LogP contribution in [-0.4, -0.2) is 55.0 Å². The monoisotopic (exact) mass is 420 g/mol. The normalized spacial score (nSPS) is 20.7. The number of methoxy groups -OCH3 is 1. The first-order valence-electron chi connectivity index (χ1n) is 8.99. The van der Waals surface area contributed by atoms with Crippen LogP contribution in [0.25, 0.3) is 0 Å². The number of nitrogens with two attached hydrogens (primary N) is 2. The molecule has 2 aromatic heterocycles. The number of aryl methyl sites for hydroxylation is 1. The number of nitrogens with one attached hydrogen (secondary N) is 2. The van der Waals surface area contributed by atoms with E-state index in [1.165, 1.54) is 6.20 Å². The minimum absolute atomic E-state index is 0.0263. The molecule has 0 radical (unpaired) electrons. The lowest BCUT2D eigenvalue weighted by Gasteiger charge is -2.30. The van der Waals surface area contributed by atoms with Gasteiger partial charge in [0.2, 0.25) is 0 Å². The maximum absolute atomic E-state index is 11.9. The van der Waals surface area contributed by atoms with Gasteiger partial charge in [0.25, 0.3) is 5.91 Å². The molecule has 1 fully saturated rings. The summed E-state index contributed by atoms with van der Waals surface area (Å²) in [4.78, 5) is 20.3. The molecule has 10 nitrogen and oxygen atoms in total. The lowest BCUT2D eigenvalue weighted by molar-refractivity contribution is 0.0996. The van der Waals surface area contributed by atoms with Crippen molar-refractivity contribution in [1.82, 2.24) is 9.97 Å². The van der Waals surface area contributed by atoms with E-state index in [-0.39, 0.29) is 23.2 Å². The lowest BCUT2D eigenvalue weighted by Crippen LogP contribution is -2.50. The number of rotatable bonds is 6. The van der Waals surface area contributed by atoms with Gasteiger partial charge in [0, 0.05) is 23.9 Å². The molecule has 0 aromatic carbocycles. The average molecular weight is 420 g/mol. The fourth-order valence-electron chi connectivity index (χ4n) is 3.15. The summed E-state index contributed by atoms with van der Waals surface area (Å²) in [7, 11) is -1.61. The number of nitrogens with zero attached hydrogens (tertiary/aromatic N) is 2. The third-order valence-electron chi connectivity index (χ3n) is 4.61. The van der Waals surface area contributed by atoms with Gasteiger partial charge in [-0.25, -0.2) is 18.4 Å². The molecular formula is C18H24N6O4S. The highest BCUT2D eigenvalue weighted by Gasteiger charge is 2.31. The second kappa shape index (κ2) is 8.21. The number of sulfone groups is 1. The Kier molecular flexibility index (Phi) is 5.89. The van der Waals surface area contributed by atoms with Crippen molar-refractivity contribution in [2.24, 2.45) is 11.5 Å². The number of hydrogen-bond acceptors (Lipinski definition) is 9. The molecule has 0 saturated carbocycles. The van der Waals surface area contributed by atoms with Crippen LogP contribution >= 0.6 is 0 Å². The number of anilines is 3. The molecule has 0 aliphatic carbocycles. The summed E-state index contributed by atoms with van der Waals surface area (Å²) in [5.41, 5.74) is 13.1. The second-order valence-corrected chi connectivity index (χ2v) is 9.19. The summed E-state index contributed by atoms with van der Waals surface area (Å²) in [6.07, 6.45) is 1.80. The Balaban J connectivity index is 1.90. The van der Waals surface area contributed by atoms with Gasteiger partial charge in [-0.15, -0.1) is 0 Å². The van der Waals surface area contributed by atoms with E-state index >= 15 is 0 Å². The molecule has 3 rings (SSSR count). The predicted molar refractivity (Wildman–Crippen MR) is 110 cm³/mol. The van der Waals surface area contributed by atoms with Gasteiger partial charge in [-0.05, 0) is 19.4 Å². The highest BCUT2D eigenvalue weighted by Crippen LogP contribution is 2.26. The average Bonchev–Trinajstić information content (AvgIpc) is 2.64. The maximum atomic E-state index is 11.9. The van der Waals surface area contributed by atoms with Crippen molar-refractivity contribution in [3.63, 3.8) is 0 Å². The van der Waals surface area contributed by atoms with E-state index < -0.39 is 21.8 Å². The molecule has 11 heteroatoms. The van der Waals surface area contributed by atoms with E-state index in [4.69, 9.17) is 16.2 Å². The van der Waals surface area contributed by atoms with Gasteiger partial charge >= 0.3 is 0 Å². The number of hydrogen-bond donors (Lipinski definition) is 4. The summed E-state index contributed by atoms with van der Waals surface area (Å²) in [6, 6.07) is 4.29. The Morgan fingerprint density at radius 1 is 1.31 bits per heavy atom. The molecular weight excluding hydrogens is 396 g/mol. The van der Waals surface area contributed by atoms with Crippen molar-refractivity contribution in [3.8, 4) is 5.75 Å². The number of amides is 1. The molecule has 3 heterocycles. The maximum Gasteiger partial charge on any atom is 0.269 e. The quantitative estimate of drug-likeness (QED) is 0.523. The summed E-state index contributed by atoms with van der Waals surface area (Å²) in [6.45, 7) is 1.81. The Labute approximate surface area is 169 Å². The Bertz CT molecular complexity index is 1030. The van der Waals surface area contributed by atoms with Gasteiger partial charge < -0.3 is 26.8 Å². The SMILES string of the molecule is COc1cc(C)nc(Nc2cc(N[C@H]3CS(=O)(=O)CC[C@H]3N)cnc2C(N)=O)c1. The van der Waals surface area contributed by atoms with Crippen LogP contribution in [-0.2, 0) is 9.84 Å². The standard InChI is InChI=1S/C18H24N6O4S/c1-10-5-12(28-2)7-16(22-10)24-14-6-11(8-21-17(14)18(20)25)23-15-9-29(26,27)4-3-13(15)19/h5-8,13,15,23H,3-4,9,19H2,1-2H3,(H2,20,25)(H,22,24)/t13-,15+/m1/s1. The second-order valence-electron chi connectivity index (χ2n) is 6.96. The van der Waals surface area contributed by atoms with Crippen molar-refractivity contribution < 1.29 is 17.9 Å². The molecule has 0 unspecified atom stereocenters. The predicted octanol–water partition coefficient (Wildman–Crippen LogP) is 0.562. The zero-order valence-electron chi connectivity index (χ0n) is 16.2. The Hall–Kier alpha value is -2.92. The van der Waals surface area contributed by atoms with Crippen LogP contribution in [0.15, 0.2) is 24.4 Å². The summed E-state index contributed by atoms with van der Waals surface area (Å²) in [5, 5.41) is 6.14. The van der Waals surface area contributed by atoms with E-state index in [0.717, 1.165) is 0 Å². The number of carbonyl (C=O) groups is 1. The van der Waals surface area contributed by atoms with Crippen molar-refractivity contribution in [2.45, 2.75) is 25.4 Å². The first kappa shape index (κ1) is 20.8. The van der Waals surface area contributed by atoms with Crippen molar-refractivity contribution >= 4 is 32.9 Å². The third kappa shape index (κ3) is 5.12. The molecule has 29 heavy (non-hydrogen) atoms. The molecule has 0 spiro atoms. The molecule has 0 bridgehead atoms. The van der Waals surface area contributed by atoms with Crippen LogP contribution in [0.4, 0.5) is 17.2 Å². The van der Waals surface area contributed by atoms with Gasteiger partial charge in [-0.1, -0.05) is 0 Å². The fraction of sp³-hybridized carbons (Fsp3) is 0.389. The van der Waals surface area contributed by atoms with E-state index in [2.05, 4.69) is 20.6 Å². The van der Waals surface area contributed by atoms with E-state index in [1.54, 1.807) is 25.3 Å². The fourth-order valence-corrected chi connectivity index (χ4v) is 4.83. The van der Waals surface area contributed by atoms with Crippen molar-refractivity contribution in [3.05, 3.63) is 35.8 Å². The van der Waals surface area contributed by atoms with Crippen LogP contribution in [0, 0.1) is 6.92 Å². The van der Waals surface area contributed by atoms with Crippen molar-refractivity contribution in [2.75, 3.05) is 29.2 Å². The molecule has 1 aliphatic heterocycles. The van der Waals surface area contributed by atoms with Gasteiger partial charge in [-0.2, -0.15) is 0 Å². The molecule has 1 amide bonds. The third-order valence-corrected chi connectivity index (χ3v) is 6.34. The highest BCUT2D eigenvalue weighted by molar-refractivity contribution is 7.91. The Morgan fingerprint density at radius 3 is 2.76 bits per heavy atom. The first-order valence-corrected chi connectivity index (χ1v) is 10.8. The van der Waals surface area contributed by atoms with Crippen LogP contribution in [0.3, 0.4) is 0 Å². The molecule has 2 atom stereocenters. The zero-order chi connectivity index (χ0) is 21.2. The van der Waals surface area contributed by atoms with E-state index in [9.17, 15) is 13.2 Å². The van der Waals surface area contributed by atoms with Gasteiger partial charge in [0.1, 0.15) is 11.6 Å². The van der Waals surface area contributed by atoms with Crippen LogP contribution < -0.4 is 26.8 Å². The largest absolute Gasteiger partial charge is 0.497 e. The van der Waals surface area contributed by atoms with Gasteiger partial charge in [-0.3, -0.25) is 4.79 Å². The number of aromatic nitrogens is 2. The molecule has 2 aromatic rings. The number of carbonyl (C=O) groups excluding carboxylic acids is 1. The van der Waals surface area contributed by atoms with Gasteiger partial charge in [0.05, 0.1) is 42.2 Å². The number of primary amides is 1. The number of ether oxygens (including phenoxy) is 1. The van der Waals surface area contributed by atoms with Crippen LogP contribution in [0.5, 0.6) is 5.75 Å². The van der Waals surface area contributed by atoms with E-state index in [0.29, 0.717) is 35.1 Å². The number of pyridine rings is 2. The summed E-state index contributed by atoms with van der Waals surface area (Å²) in [5.74, 6) is 0.349. The topological polar surface area (TPSA) is 162 Å². The van der Waals surface area contributed by atoms with Crippen LogP contribution in [0.2, 0.25) is 0 Å². The lowest BCUT2D eigenvalue weighted by atomic mass is 10.1. The Morgan fingerprint density at radius 2 is 2.07 bits per heavy atom. The smallest absolute Gasteiger partial charge is 0.269 e. The van der Waals surface area contributed by atoms with E-state index in [1.807, 2.05) is 6.92 Å². The van der Waals surface area contributed by atoms with Crippen molar-refractivity contribution in [1.29, 1.82) is 0 Å². The molecule has 1 saturated heterocycles. The summed E-state index contributed by atoms with van der Waals surface area (Å²) >= 11 is 0. The first-order chi connectivity index (χ1) is 13.7. The van der Waals surface area contributed by atoms with Crippen LogP contribution in [0.1, 0.15) is 22.6 Å². The molecule has 6 N–H and O–H groups in total. The molecule has 1 aliphatic rings. The zero-order valence-corrected chi connectivity index (χ0v) is 17.0. The highest BCUT2D eigenvalue weighted by atomic mass is 32.2. The minimum Gasteiger partial charge on any atom is -0.497 e.